The molecule has 0 unspecified atom stereocenters. The standard InChI is InChI=1S/C23H19FN2O5S/c1-31-22-9-5-16(13-25-22)15-3-2-4-19(11-15)32(29,30)26-14-17(6-10-23(27)28)20-12-18(24)7-8-21(20)26/h2-5,7-9,11-14H,6,10H2,1H3,(H,27,28). The molecule has 9 heteroatoms. The summed E-state index contributed by atoms with van der Waals surface area (Å²) in [6, 6.07) is 13.6. The van der Waals surface area contributed by atoms with E-state index in [2.05, 4.69) is 4.98 Å². The molecule has 0 atom stereocenters. The Kier molecular flexibility index (Phi) is 5.67. The van der Waals surface area contributed by atoms with E-state index in [-0.39, 0.29) is 23.3 Å². The number of hydrogen-bond donors (Lipinski definition) is 1. The molecule has 2 aromatic heterocycles. The predicted octanol–water partition coefficient (Wildman–Crippen LogP) is 4.11. The quantitative estimate of drug-likeness (QED) is 0.451. The van der Waals surface area contributed by atoms with Crippen molar-refractivity contribution in [2.45, 2.75) is 17.7 Å². The van der Waals surface area contributed by atoms with Gasteiger partial charge in [0.2, 0.25) is 5.88 Å². The highest BCUT2D eigenvalue weighted by Crippen LogP contribution is 2.29. The third-order valence-corrected chi connectivity index (χ3v) is 6.76. The Morgan fingerprint density at radius 3 is 2.62 bits per heavy atom. The van der Waals surface area contributed by atoms with Crippen molar-refractivity contribution in [1.82, 2.24) is 8.96 Å². The Balaban J connectivity index is 1.80. The van der Waals surface area contributed by atoms with Crippen molar-refractivity contribution >= 4 is 26.9 Å². The van der Waals surface area contributed by atoms with Crippen LogP contribution in [-0.4, -0.2) is 35.6 Å². The van der Waals surface area contributed by atoms with Crippen molar-refractivity contribution in [1.29, 1.82) is 0 Å². The van der Waals surface area contributed by atoms with Crippen LogP contribution < -0.4 is 4.74 Å². The first-order chi connectivity index (χ1) is 15.3. The summed E-state index contributed by atoms with van der Waals surface area (Å²) in [4.78, 5) is 15.2. The van der Waals surface area contributed by atoms with Crippen molar-refractivity contribution in [2.24, 2.45) is 0 Å². The summed E-state index contributed by atoms with van der Waals surface area (Å²) < 4.78 is 46.9. The molecular formula is C23H19FN2O5S. The largest absolute Gasteiger partial charge is 0.481 e. The molecule has 0 fully saturated rings. The summed E-state index contributed by atoms with van der Waals surface area (Å²) in [5.74, 6) is -1.11. The number of methoxy groups -OCH3 is 1. The van der Waals surface area contributed by atoms with Crippen LogP contribution in [0.15, 0.2) is 71.9 Å². The summed E-state index contributed by atoms with van der Waals surface area (Å²) in [5, 5.41) is 9.37. The average molecular weight is 454 g/mol. The molecule has 0 spiro atoms. The zero-order valence-electron chi connectivity index (χ0n) is 17.0. The van der Waals surface area contributed by atoms with Gasteiger partial charge < -0.3 is 9.84 Å². The van der Waals surface area contributed by atoms with Crippen molar-refractivity contribution in [3.05, 3.63) is 78.4 Å². The number of carboxylic acid groups (broad SMARTS) is 1. The lowest BCUT2D eigenvalue weighted by Crippen LogP contribution is -2.12. The monoisotopic (exact) mass is 454 g/mol. The van der Waals surface area contributed by atoms with Crippen LogP contribution in [0.4, 0.5) is 4.39 Å². The second-order valence-corrected chi connectivity index (χ2v) is 8.94. The highest BCUT2D eigenvalue weighted by Gasteiger charge is 2.22. The van der Waals surface area contributed by atoms with Crippen molar-refractivity contribution in [3.8, 4) is 17.0 Å². The van der Waals surface area contributed by atoms with Crippen LogP contribution >= 0.6 is 0 Å². The maximum absolute atomic E-state index is 13.8. The van der Waals surface area contributed by atoms with E-state index in [1.165, 1.54) is 43.6 Å². The molecule has 32 heavy (non-hydrogen) atoms. The van der Waals surface area contributed by atoms with Gasteiger partial charge in [0, 0.05) is 35.8 Å². The predicted molar refractivity (Wildman–Crippen MR) is 117 cm³/mol. The summed E-state index contributed by atoms with van der Waals surface area (Å²) in [6.07, 6.45) is 2.83. The Morgan fingerprint density at radius 1 is 1.12 bits per heavy atom. The molecule has 0 aliphatic heterocycles. The lowest BCUT2D eigenvalue weighted by atomic mass is 10.1. The lowest BCUT2D eigenvalue weighted by Gasteiger charge is -2.10. The number of benzene rings is 2. The second-order valence-electron chi connectivity index (χ2n) is 7.13. The van der Waals surface area contributed by atoms with Crippen LogP contribution in [0.3, 0.4) is 0 Å². The molecule has 0 aliphatic rings. The van der Waals surface area contributed by atoms with Gasteiger partial charge in [-0.25, -0.2) is 21.8 Å². The number of halogens is 1. The number of carboxylic acids is 1. The highest BCUT2D eigenvalue weighted by molar-refractivity contribution is 7.90. The van der Waals surface area contributed by atoms with Crippen LogP contribution in [0.25, 0.3) is 22.0 Å². The summed E-state index contributed by atoms with van der Waals surface area (Å²) in [6.45, 7) is 0. The number of fused-ring (bicyclic) bond motifs is 1. The van der Waals surface area contributed by atoms with E-state index >= 15 is 0 Å². The maximum Gasteiger partial charge on any atom is 0.303 e. The number of aryl methyl sites for hydroxylation is 1. The number of ether oxygens (including phenoxy) is 1. The Labute approximate surface area is 183 Å². The minimum absolute atomic E-state index is 0.0387. The SMILES string of the molecule is COc1ccc(-c2cccc(S(=O)(=O)n3cc(CCC(=O)O)c4cc(F)ccc43)c2)cn1. The number of nitrogens with zero attached hydrogens (tertiary/aromatic N) is 2. The zero-order valence-corrected chi connectivity index (χ0v) is 17.8. The lowest BCUT2D eigenvalue weighted by molar-refractivity contribution is -0.136. The average Bonchev–Trinajstić information content (AvgIpc) is 3.16. The molecule has 0 aliphatic carbocycles. The molecule has 1 N–H and O–H groups in total. The van der Waals surface area contributed by atoms with E-state index in [0.29, 0.717) is 28.0 Å². The van der Waals surface area contributed by atoms with Crippen molar-refractivity contribution < 1.29 is 27.4 Å². The van der Waals surface area contributed by atoms with Crippen LogP contribution in [-0.2, 0) is 21.2 Å². The van der Waals surface area contributed by atoms with Crippen LogP contribution in [0, 0.1) is 5.82 Å². The molecular weight excluding hydrogens is 435 g/mol. The third kappa shape index (κ3) is 4.06. The van der Waals surface area contributed by atoms with E-state index in [9.17, 15) is 17.6 Å². The molecule has 7 nitrogen and oxygen atoms in total. The Morgan fingerprint density at radius 2 is 1.94 bits per heavy atom. The van der Waals surface area contributed by atoms with E-state index in [0.717, 1.165) is 3.97 Å². The fourth-order valence-corrected chi connectivity index (χ4v) is 4.94. The van der Waals surface area contributed by atoms with Gasteiger partial charge in [0.1, 0.15) is 5.82 Å². The van der Waals surface area contributed by atoms with E-state index in [4.69, 9.17) is 9.84 Å². The van der Waals surface area contributed by atoms with Gasteiger partial charge in [-0.2, -0.15) is 0 Å². The first-order valence-electron chi connectivity index (χ1n) is 9.67. The number of hydrogen-bond acceptors (Lipinski definition) is 5. The first-order valence-corrected chi connectivity index (χ1v) is 11.1. The van der Waals surface area contributed by atoms with Gasteiger partial charge in [-0.3, -0.25) is 4.79 Å². The molecule has 4 aromatic rings. The number of aliphatic carboxylic acids is 1. The minimum Gasteiger partial charge on any atom is -0.481 e. The third-order valence-electron chi connectivity index (χ3n) is 5.09. The highest BCUT2D eigenvalue weighted by atomic mass is 32.2. The van der Waals surface area contributed by atoms with E-state index in [1.54, 1.807) is 30.5 Å². The van der Waals surface area contributed by atoms with Gasteiger partial charge in [-0.1, -0.05) is 12.1 Å². The molecule has 0 amide bonds. The topological polar surface area (TPSA) is 98.5 Å². The molecule has 0 saturated carbocycles. The van der Waals surface area contributed by atoms with Gasteiger partial charge >= 0.3 is 5.97 Å². The molecule has 164 valence electrons. The summed E-state index contributed by atoms with van der Waals surface area (Å²) in [7, 11) is -2.53. The van der Waals surface area contributed by atoms with Gasteiger partial charge in [0.05, 0.1) is 17.5 Å². The van der Waals surface area contributed by atoms with Crippen molar-refractivity contribution in [2.75, 3.05) is 7.11 Å². The zero-order chi connectivity index (χ0) is 22.9. The number of carbonyl (C=O) groups is 1. The number of aromatic nitrogens is 2. The Hall–Kier alpha value is -3.72. The van der Waals surface area contributed by atoms with Gasteiger partial charge in [0.15, 0.2) is 0 Å². The minimum atomic E-state index is -4.04. The van der Waals surface area contributed by atoms with Crippen LogP contribution in [0.5, 0.6) is 5.88 Å². The fraction of sp³-hybridized carbons (Fsp3) is 0.130. The number of pyridine rings is 1. The van der Waals surface area contributed by atoms with Gasteiger partial charge in [-0.05, 0) is 53.9 Å². The maximum atomic E-state index is 13.8. The molecule has 0 bridgehead atoms. The van der Waals surface area contributed by atoms with E-state index in [1.807, 2.05) is 0 Å². The molecule has 2 heterocycles. The molecule has 0 saturated heterocycles. The molecule has 2 aromatic carbocycles. The number of rotatable bonds is 7. The van der Waals surface area contributed by atoms with Crippen molar-refractivity contribution in [3.63, 3.8) is 0 Å². The fourth-order valence-electron chi connectivity index (χ4n) is 3.50. The van der Waals surface area contributed by atoms with Gasteiger partial charge in [-0.15, -0.1) is 0 Å². The smallest absolute Gasteiger partial charge is 0.303 e. The summed E-state index contributed by atoms with van der Waals surface area (Å²) >= 11 is 0. The van der Waals surface area contributed by atoms with E-state index < -0.39 is 21.8 Å². The molecule has 0 radical (unpaired) electrons. The summed E-state index contributed by atoms with van der Waals surface area (Å²) in [5.41, 5.74) is 2.09. The molecule has 4 rings (SSSR count). The van der Waals surface area contributed by atoms with Gasteiger partial charge in [0.25, 0.3) is 10.0 Å². The first kappa shape index (κ1) is 21.5. The van der Waals surface area contributed by atoms with Crippen LogP contribution in [0.1, 0.15) is 12.0 Å². The second kappa shape index (κ2) is 8.43. The van der Waals surface area contributed by atoms with Crippen LogP contribution in [0.2, 0.25) is 0 Å². The Bertz CT molecular complexity index is 1410. The normalized spacial score (nSPS) is 11.6.